The van der Waals surface area contributed by atoms with E-state index in [0.717, 1.165) is 0 Å². The smallest absolute Gasteiger partial charge is 0.245 e. The van der Waals surface area contributed by atoms with Gasteiger partial charge in [0.2, 0.25) is 11.8 Å². The number of rotatable bonds is 10. The highest BCUT2D eigenvalue weighted by molar-refractivity contribution is 7.91. The van der Waals surface area contributed by atoms with Crippen molar-refractivity contribution in [2.75, 3.05) is 21.3 Å². The Bertz CT molecular complexity index is 1180. The topological polar surface area (TPSA) is 144 Å². The maximum atomic E-state index is 13.4. The molecule has 178 valence electrons. The minimum atomic E-state index is -3.83. The van der Waals surface area contributed by atoms with Gasteiger partial charge in [0, 0.05) is 25.9 Å². The predicted octanol–water partition coefficient (Wildman–Crippen LogP) is 1.77. The van der Waals surface area contributed by atoms with E-state index in [1.807, 2.05) is 6.92 Å². The Morgan fingerprint density at radius 1 is 1.00 bits per heavy atom. The van der Waals surface area contributed by atoms with Crippen LogP contribution in [0.25, 0.3) is 5.69 Å². The lowest BCUT2D eigenvalue weighted by atomic mass is 10.2. The number of nitrogens with zero attached hydrogens (tertiary/aromatic N) is 7. The number of ether oxygens (including phenoxy) is 3. The zero-order chi connectivity index (χ0) is 24.2. The molecule has 0 aliphatic heterocycles. The molecule has 0 radical (unpaired) electrons. The molecule has 0 aliphatic rings. The van der Waals surface area contributed by atoms with Gasteiger partial charge in [-0.3, -0.25) is 4.57 Å². The zero-order valence-corrected chi connectivity index (χ0v) is 20.3. The maximum Gasteiger partial charge on any atom is 0.245 e. The molecule has 0 saturated heterocycles. The van der Waals surface area contributed by atoms with Crippen molar-refractivity contribution in [3.05, 3.63) is 41.2 Å². The Morgan fingerprint density at radius 2 is 1.58 bits per heavy atom. The Hall–Kier alpha value is -2.90. The van der Waals surface area contributed by atoms with Gasteiger partial charge >= 0.3 is 0 Å². The lowest BCUT2D eigenvalue weighted by Crippen LogP contribution is -2.30. The summed E-state index contributed by atoms with van der Waals surface area (Å²) >= 11 is 5.84. The van der Waals surface area contributed by atoms with Gasteiger partial charge in [0.1, 0.15) is 24.0 Å². The summed E-state index contributed by atoms with van der Waals surface area (Å²) in [7, 11) is 0.440. The highest BCUT2D eigenvalue weighted by Gasteiger charge is 2.35. The van der Waals surface area contributed by atoms with E-state index >= 15 is 0 Å². The Morgan fingerprint density at radius 3 is 2.09 bits per heavy atom. The monoisotopic (exact) mass is 497 g/mol. The standard InChI is InChI=1S/C19H24ClN7O5S/c1-6-13-25-26-14(27(13)15-18(31-4)23-10-24-19(15)32-5)9-33(28,29)11(2)16(30-3)17-21-7-12(20)8-22-17/h7-8,10-11,16H,6,9H2,1-5H3/t11-,16-/m0/s1. The second kappa shape index (κ2) is 10.4. The molecule has 3 aromatic heterocycles. The number of sulfone groups is 1. The fourth-order valence-corrected chi connectivity index (χ4v) is 4.76. The summed E-state index contributed by atoms with van der Waals surface area (Å²) in [6, 6.07) is 0. The van der Waals surface area contributed by atoms with Gasteiger partial charge in [0.15, 0.2) is 27.2 Å². The molecule has 0 fully saturated rings. The Kier molecular flexibility index (Phi) is 7.76. The SMILES string of the molecule is CCc1nnc(CS(=O)(=O)[C@@H](C)[C@H](OC)c2ncc(Cl)cn2)n1-c1c(OC)ncnc1OC. The van der Waals surface area contributed by atoms with Gasteiger partial charge in [-0.15, -0.1) is 10.2 Å². The van der Waals surface area contributed by atoms with Crippen LogP contribution in [-0.2, 0) is 26.7 Å². The number of hydrogen-bond donors (Lipinski definition) is 0. The van der Waals surface area contributed by atoms with Crippen LogP contribution in [-0.4, -0.2) is 69.7 Å². The van der Waals surface area contributed by atoms with Crippen LogP contribution >= 0.6 is 11.6 Å². The second-order valence-corrected chi connectivity index (χ2v) is 9.68. The van der Waals surface area contributed by atoms with Crippen LogP contribution in [0.3, 0.4) is 0 Å². The van der Waals surface area contributed by atoms with E-state index < -0.39 is 26.9 Å². The number of hydrogen-bond acceptors (Lipinski definition) is 11. The molecular formula is C19H24ClN7O5S. The van der Waals surface area contributed by atoms with Gasteiger partial charge in [-0.1, -0.05) is 18.5 Å². The van der Waals surface area contributed by atoms with Crippen LogP contribution in [0.15, 0.2) is 18.7 Å². The summed E-state index contributed by atoms with van der Waals surface area (Å²) in [6.07, 6.45) is 3.59. The number of aryl methyl sites for hydroxylation is 1. The molecule has 0 unspecified atom stereocenters. The lowest BCUT2D eigenvalue weighted by molar-refractivity contribution is 0.0948. The molecule has 3 rings (SSSR count). The fraction of sp³-hybridized carbons (Fsp3) is 0.474. The summed E-state index contributed by atoms with van der Waals surface area (Å²) in [5.41, 5.74) is 0.312. The van der Waals surface area contributed by atoms with E-state index in [9.17, 15) is 8.42 Å². The van der Waals surface area contributed by atoms with Gasteiger partial charge in [-0.05, 0) is 6.92 Å². The third-order valence-electron chi connectivity index (χ3n) is 4.95. The van der Waals surface area contributed by atoms with Crippen LogP contribution in [0, 0.1) is 0 Å². The summed E-state index contributed by atoms with van der Waals surface area (Å²) < 4.78 is 44.5. The largest absolute Gasteiger partial charge is 0.479 e. The predicted molar refractivity (Wildman–Crippen MR) is 118 cm³/mol. The van der Waals surface area contributed by atoms with Crippen molar-refractivity contribution in [1.82, 2.24) is 34.7 Å². The highest BCUT2D eigenvalue weighted by Crippen LogP contribution is 2.32. The van der Waals surface area contributed by atoms with Gasteiger partial charge in [0.25, 0.3) is 0 Å². The van der Waals surface area contributed by atoms with Gasteiger partial charge in [-0.25, -0.2) is 18.4 Å². The molecule has 0 N–H and O–H groups in total. The molecule has 0 bridgehead atoms. The van der Waals surface area contributed by atoms with Crippen molar-refractivity contribution >= 4 is 21.4 Å². The van der Waals surface area contributed by atoms with Crippen molar-refractivity contribution in [2.45, 2.75) is 37.4 Å². The number of aromatic nitrogens is 7. The molecule has 33 heavy (non-hydrogen) atoms. The number of methoxy groups -OCH3 is 3. The summed E-state index contributed by atoms with van der Waals surface area (Å²) in [6.45, 7) is 3.39. The van der Waals surface area contributed by atoms with E-state index in [2.05, 4.69) is 30.1 Å². The molecule has 0 spiro atoms. The first-order valence-electron chi connectivity index (χ1n) is 9.85. The van der Waals surface area contributed by atoms with Crippen molar-refractivity contribution < 1.29 is 22.6 Å². The van der Waals surface area contributed by atoms with E-state index in [-0.39, 0.29) is 23.4 Å². The average molecular weight is 498 g/mol. The molecule has 0 aliphatic carbocycles. The van der Waals surface area contributed by atoms with E-state index in [4.69, 9.17) is 25.8 Å². The van der Waals surface area contributed by atoms with Crippen LogP contribution in [0.5, 0.6) is 11.8 Å². The lowest BCUT2D eigenvalue weighted by Gasteiger charge is -2.22. The summed E-state index contributed by atoms with van der Waals surface area (Å²) in [4.78, 5) is 16.4. The van der Waals surface area contributed by atoms with Crippen LogP contribution in [0.4, 0.5) is 0 Å². The minimum Gasteiger partial charge on any atom is -0.479 e. The molecule has 0 amide bonds. The molecule has 2 atom stereocenters. The molecule has 3 heterocycles. The van der Waals surface area contributed by atoms with E-state index in [1.54, 1.807) is 4.57 Å². The van der Waals surface area contributed by atoms with Crippen molar-refractivity contribution in [2.24, 2.45) is 0 Å². The van der Waals surface area contributed by atoms with Crippen LogP contribution in [0.2, 0.25) is 5.02 Å². The van der Waals surface area contributed by atoms with Crippen molar-refractivity contribution in [3.63, 3.8) is 0 Å². The summed E-state index contributed by atoms with van der Waals surface area (Å²) in [5, 5.41) is 7.60. The third-order valence-corrected chi connectivity index (χ3v) is 7.19. The summed E-state index contributed by atoms with van der Waals surface area (Å²) in [5.74, 6) is 0.768. The highest BCUT2D eigenvalue weighted by atomic mass is 35.5. The first-order chi connectivity index (χ1) is 15.8. The molecule has 0 aromatic carbocycles. The molecular weight excluding hydrogens is 474 g/mol. The molecule has 0 saturated carbocycles. The second-order valence-electron chi connectivity index (χ2n) is 6.89. The average Bonchev–Trinajstić information content (AvgIpc) is 3.21. The normalized spacial score (nSPS) is 13.5. The van der Waals surface area contributed by atoms with E-state index in [1.165, 1.54) is 47.0 Å². The van der Waals surface area contributed by atoms with Gasteiger partial charge in [0.05, 0.1) is 24.5 Å². The first-order valence-corrected chi connectivity index (χ1v) is 11.9. The van der Waals surface area contributed by atoms with Gasteiger partial charge in [-0.2, -0.15) is 9.97 Å². The third kappa shape index (κ3) is 5.04. The van der Waals surface area contributed by atoms with Crippen LogP contribution < -0.4 is 9.47 Å². The van der Waals surface area contributed by atoms with Crippen LogP contribution in [0.1, 0.15) is 37.4 Å². The van der Waals surface area contributed by atoms with Gasteiger partial charge < -0.3 is 14.2 Å². The maximum absolute atomic E-state index is 13.4. The minimum absolute atomic E-state index is 0.150. The van der Waals surface area contributed by atoms with Crippen molar-refractivity contribution in [3.8, 4) is 17.4 Å². The zero-order valence-electron chi connectivity index (χ0n) is 18.8. The molecule has 12 nitrogen and oxygen atoms in total. The quantitative estimate of drug-likeness (QED) is 0.404. The molecule has 14 heteroatoms. The fourth-order valence-electron chi connectivity index (χ4n) is 3.25. The Balaban J connectivity index is 2.04. The number of halogens is 1. The molecule has 3 aromatic rings. The van der Waals surface area contributed by atoms with E-state index in [0.29, 0.717) is 23.0 Å². The first kappa shape index (κ1) is 24.7. The van der Waals surface area contributed by atoms with Crippen molar-refractivity contribution in [1.29, 1.82) is 0 Å². The Labute approximate surface area is 196 Å².